The lowest BCUT2D eigenvalue weighted by Crippen LogP contribution is -2.07. The van der Waals surface area contributed by atoms with E-state index in [1.165, 1.54) is 5.56 Å². The Morgan fingerprint density at radius 2 is 2.11 bits per heavy atom. The van der Waals surface area contributed by atoms with E-state index in [0.717, 1.165) is 17.7 Å². The molecule has 96 valence electrons. The molecule has 0 saturated heterocycles. The third kappa shape index (κ3) is 2.89. The Hall–Kier alpha value is -2.41. The maximum absolute atomic E-state index is 9.15. The number of nitrogens with one attached hydrogen (secondary N) is 1. The van der Waals surface area contributed by atoms with Crippen LogP contribution >= 0.6 is 0 Å². The van der Waals surface area contributed by atoms with Crippen molar-refractivity contribution < 1.29 is 0 Å². The lowest BCUT2D eigenvalue weighted by Gasteiger charge is -2.10. The second-order valence-electron chi connectivity index (χ2n) is 4.28. The van der Waals surface area contributed by atoms with Gasteiger partial charge in [0.25, 0.3) is 0 Å². The molecule has 0 radical (unpaired) electrons. The van der Waals surface area contributed by atoms with E-state index >= 15 is 0 Å². The van der Waals surface area contributed by atoms with Crippen LogP contribution in [0.2, 0.25) is 0 Å². The second-order valence-corrected chi connectivity index (χ2v) is 4.28. The summed E-state index contributed by atoms with van der Waals surface area (Å²) in [4.78, 5) is 8.59. The lowest BCUT2D eigenvalue weighted by atomic mass is 10.1. The van der Waals surface area contributed by atoms with Crippen molar-refractivity contribution >= 4 is 5.82 Å². The summed E-state index contributed by atoms with van der Waals surface area (Å²) in [6, 6.07) is 8.03. The first-order valence-corrected chi connectivity index (χ1v) is 6.28. The predicted molar refractivity (Wildman–Crippen MR) is 74.6 cm³/mol. The fraction of sp³-hybridized carbons (Fsp3) is 0.267. The van der Waals surface area contributed by atoms with Crippen LogP contribution in [0.3, 0.4) is 0 Å². The van der Waals surface area contributed by atoms with E-state index in [1.54, 1.807) is 12.4 Å². The fourth-order valence-electron chi connectivity index (χ4n) is 1.95. The first-order chi connectivity index (χ1) is 9.26. The van der Waals surface area contributed by atoms with Gasteiger partial charge in [0.15, 0.2) is 0 Å². The molecular weight excluding hydrogens is 236 g/mol. The number of rotatable bonds is 4. The van der Waals surface area contributed by atoms with Crippen LogP contribution in [-0.4, -0.2) is 9.97 Å². The largest absolute Gasteiger partial charge is 0.363 e. The van der Waals surface area contributed by atoms with Gasteiger partial charge in [-0.05, 0) is 36.6 Å². The van der Waals surface area contributed by atoms with Crippen molar-refractivity contribution in [3.05, 3.63) is 53.0 Å². The summed E-state index contributed by atoms with van der Waals surface area (Å²) < 4.78 is 0. The van der Waals surface area contributed by atoms with Gasteiger partial charge < -0.3 is 5.32 Å². The highest BCUT2D eigenvalue weighted by Gasteiger charge is 2.07. The number of hydrogen-bond donors (Lipinski definition) is 1. The van der Waals surface area contributed by atoms with E-state index in [-0.39, 0.29) is 0 Å². The SMILES string of the molecule is CCc1cccnc1CNc1nccc(C)c1C#N. The molecule has 0 fully saturated rings. The first-order valence-electron chi connectivity index (χ1n) is 6.28. The van der Waals surface area contributed by atoms with Crippen molar-refractivity contribution in [2.24, 2.45) is 0 Å². The van der Waals surface area contributed by atoms with Crippen molar-refractivity contribution in [2.45, 2.75) is 26.8 Å². The summed E-state index contributed by atoms with van der Waals surface area (Å²) >= 11 is 0. The van der Waals surface area contributed by atoms with Crippen molar-refractivity contribution in [2.75, 3.05) is 5.32 Å². The standard InChI is InChI=1S/C15H16N4/c1-3-12-5-4-7-17-14(12)10-19-15-13(9-16)11(2)6-8-18-15/h4-8H,3,10H2,1-2H3,(H,18,19). The molecule has 0 aromatic carbocycles. The van der Waals surface area contributed by atoms with Gasteiger partial charge in [0.05, 0.1) is 17.8 Å². The summed E-state index contributed by atoms with van der Waals surface area (Å²) in [5.74, 6) is 0.621. The van der Waals surface area contributed by atoms with Gasteiger partial charge in [-0.2, -0.15) is 5.26 Å². The minimum absolute atomic E-state index is 0.579. The third-order valence-electron chi connectivity index (χ3n) is 3.06. The highest BCUT2D eigenvalue weighted by atomic mass is 15.0. The zero-order valence-electron chi connectivity index (χ0n) is 11.1. The molecule has 4 nitrogen and oxygen atoms in total. The molecule has 0 saturated carbocycles. The van der Waals surface area contributed by atoms with Crippen LogP contribution in [0.5, 0.6) is 0 Å². The van der Waals surface area contributed by atoms with E-state index in [2.05, 4.69) is 34.3 Å². The molecule has 2 aromatic rings. The van der Waals surface area contributed by atoms with Crippen molar-refractivity contribution in [3.8, 4) is 6.07 Å². The Kier molecular flexibility index (Phi) is 4.09. The second kappa shape index (κ2) is 5.96. The van der Waals surface area contributed by atoms with Crippen LogP contribution < -0.4 is 5.32 Å². The number of pyridine rings is 2. The predicted octanol–water partition coefficient (Wildman–Crippen LogP) is 2.83. The van der Waals surface area contributed by atoms with Gasteiger partial charge in [-0.25, -0.2) is 4.98 Å². The summed E-state index contributed by atoms with van der Waals surface area (Å²) in [5.41, 5.74) is 3.73. The zero-order valence-corrected chi connectivity index (χ0v) is 11.1. The van der Waals surface area contributed by atoms with Gasteiger partial charge in [0.2, 0.25) is 0 Å². The average molecular weight is 252 g/mol. The van der Waals surface area contributed by atoms with E-state index in [4.69, 9.17) is 5.26 Å². The number of aromatic nitrogens is 2. The molecule has 0 aliphatic rings. The molecule has 4 heteroatoms. The number of aryl methyl sites for hydroxylation is 2. The maximum atomic E-state index is 9.15. The molecular formula is C15H16N4. The maximum Gasteiger partial charge on any atom is 0.144 e. The van der Waals surface area contributed by atoms with E-state index in [0.29, 0.717) is 17.9 Å². The first kappa shape index (κ1) is 13.0. The van der Waals surface area contributed by atoms with Crippen molar-refractivity contribution in [1.82, 2.24) is 9.97 Å². The van der Waals surface area contributed by atoms with Gasteiger partial charge in [-0.3, -0.25) is 4.98 Å². The highest BCUT2D eigenvalue weighted by molar-refractivity contribution is 5.55. The third-order valence-corrected chi connectivity index (χ3v) is 3.06. The molecule has 0 atom stereocenters. The molecule has 0 amide bonds. The Balaban J connectivity index is 2.20. The smallest absolute Gasteiger partial charge is 0.144 e. The summed E-state index contributed by atoms with van der Waals surface area (Å²) in [6.07, 6.45) is 4.43. The molecule has 0 aliphatic carbocycles. The minimum Gasteiger partial charge on any atom is -0.363 e. The van der Waals surface area contributed by atoms with Gasteiger partial charge in [0, 0.05) is 12.4 Å². The Labute approximate surface area is 113 Å². The average Bonchev–Trinajstić information content (AvgIpc) is 2.45. The molecule has 19 heavy (non-hydrogen) atoms. The molecule has 2 aromatic heterocycles. The van der Waals surface area contributed by atoms with Crippen LogP contribution in [-0.2, 0) is 13.0 Å². The quantitative estimate of drug-likeness (QED) is 0.908. The molecule has 0 bridgehead atoms. The molecule has 0 aliphatic heterocycles. The van der Waals surface area contributed by atoms with E-state index < -0.39 is 0 Å². The van der Waals surface area contributed by atoms with Crippen LogP contribution in [0.15, 0.2) is 30.6 Å². The Morgan fingerprint density at radius 1 is 1.26 bits per heavy atom. The molecule has 2 rings (SSSR count). The van der Waals surface area contributed by atoms with Crippen molar-refractivity contribution in [1.29, 1.82) is 5.26 Å². The summed E-state index contributed by atoms with van der Waals surface area (Å²) in [5, 5.41) is 12.4. The van der Waals surface area contributed by atoms with Gasteiger partial charge in [-0.15, -0.1) is 0 Å². The molecule has 0 unspecified atom stereocenters. The van der Waals surface area contributed by atoms with Crippen LogP contribution in [0, 0.1) is 18.3 Å². The van der Waals surface area contributed by atoms with Gasteiger partial charge >= 0.3 is 0 Å². The van der Waals surface area contributed by atoms with E-state index in [1.807, 2.05) is 19.1 Å². The Morgan fingerprint density at radius 3 is 2.84 bits per heavy atom. The van der Waals surface area contributed by atoms with E-state index in [9.17, 15) is 0 Å². The minimum atomic E-state index is 0.579. The number of hydrogen-bond acceptors (Lipinski definition) is 4. The number of nitriles is 1. The zero-order chi connectivity index (χ0) is 13.7. The highest BCUT2D eigenvalue weighted by Crippen LogP contribution is 2.16. The summed E-state index contributed by atoms with van der Waals surface area (Å²) in [7, 11) is 0. The normalized spacial score (nSPS) is 9.95. The van der Waals surface area contributed by atoms with Gasteiger partial charge in [-0.1, -0.05) is 13.0 Å². The molecule has 0 spiro atoms. The topological polar surface area (TPSA) is 61.6 Å². The fourth-order valence-corrected chi connectivity index (χ4v) is 1.95. The number of anilines is 1. The summed E-state index contributed by atoms with van der Waals surface area (Å²) in [6.45, 7) is 4.59. The monoisotopic (exact) mass is 252 g/mol. The van der Waals surface area contributed by atoms with Crippen molar-refractivity contribution in [3.63, 3.8) is 0 Å². The number of nitrogens with zero attached hydrogens (tertiary/aromatic N) is 3. The molecule has 2 heterocycles. The van der Waals surface area contributed by atoms with Gasteiger partial charge in [0.1, 0.15) is 11.9 Å². The Bertz CT molecular complexity index is 614. The lowest BCUT2D eigenvalue weighted by molar-refractivity contribution is 0.963. The molecule has 1 N–H and O–H groups in total. The van der Waals surface area contributed by atoms with Crippen LogP contribution in [0.25, 0.3) is 0 Å². The van der Waals surface area contributed by atoms with Crippen LogP contribution in [0.1, 0.15) is 29.3 Å². The van der Waals surface area contributed by atoms with Crippen LogP contribution in [0.4, 0.5) is 5.82 Å².